The second kappa shape index (κ2) is 5.48. The van der Waals surface area contributed by atoms with Gasteiger partial charge in [0.1, 0.15) is 5.82 Å². The minimum Gasteiger partial charge on any atom is -0.388 e. The van der Waals surface area contributed by atoms with E-state index >= 15 is 0 Å². The molecule has 2 rings (SSSR count). The molecule has 0 saturated carbocycles. The van der Waals surface area contributed by atoms with Gasteiger partial charge in [-0.05, 0) is 45.1 Å². The van der Waals surface area contributed by atoms with Crippen molar-refractivity contribution in [1.82, 2.24) is 0 Å². The molecule has 1 heterocycles. The second-order valence-electron chi connectivity index (χ2n) is 3.63. The maximum absolute atomic E-state index is 13.1. The van der Waals surface area contributed by atoms with Crippen molar-refractivity contribution in [3.63, 3.8) is 0 Å². The Morgan fingerprint density at radius 3 is 2.82 bits per heavy atom. The van der Waals surface area contributed by atoms with E-state index in [-0.39, 0.29) is 5.82 Å². The fourth-order valence-electron chi connectivity index (χ4n) is 1.55. The highest BCUT2D eigenvalue weighted by molar-refractivity contribution is 9.10. The largest absolute Gasteiger partial charge is 0.388 e. The van der Waals surface area contributed by atoms with Gasteiger partial charge in [-0.2, -0.15) is 11.3 Å². The Kier molecular flexibility index (Phi) is 4.20. The molecule has 0 bridgehead atoms. The van der Waals surface area contributed by atoms with Crippen molar-refractivity contribution >= 4 is 38.9 Å². The van der Waals surface area contributed by atoms with Crippen molar-refractivity contribution in [2.45, 2.75) is 12.5 Å². The molecule has 0 radical (unpaired) electrons. The molecule has 1 nitrogen and oxygen atoms in total. The van der Waals surface area contributed by atoms with E-state index in [1.165, 1.54) is 29.5 Å². The van der Waals surface area contributed by atoms with E-state index in [1.807, 2.05) is 10.8 Å². The zero-order valence-electron chi connectivity index (χ0n) is 8.66. The van der Waals surface area contributed by atoms with Gasteiger partial charge >= 0.3 is 0 Å². The van der Waals surface area contributed by atoms with Gasteiger partial charge in [0.15, 0.2) is 0 Å². The lowest BCUT2D eigenvalue weighted by atomic mass is 10.0. The lowest BCUT2D eigenvalue weighted by Gasteiger charge is -2.11. The first-order valence-electron chi connectivity index (χ1n) is 4.91. The zero-order valence-corrected chi connectivity index (χ0v) is 11.8. The summed E-state index contributed by atoms with van der Waals surface area (Å²) in [6.45, 7) is 0. The Morgan fingerprint density at radius 1 is 1.41 bits per heavy atom. The predicted octanol–water partition coefficient (Wildman–Crippen LogP) is 4.58. The first-order valence-corrected chi connectivity index (χ1v) is 7.03. The maximum atomic E-state index is 13.1. The van der Waals surface area contributed by atoms with Crippen LogP contribution in [0.1, 0.15) is 17.2 Å². The van der Waals surface area contributed by atoms with Crippen LogP contribution >= 0.6 is 38.9 Å². The Hall–Kier alpha value is -0.420. The molecule has 1 atom stereocenters. The van der Waals surface area contributed by atoms with Gasteiger partial charge in [0.05, 0.1) is 6.10 Å². The van der Waals surface area contributed by atoms with E-state index in [2.05, 4.69) is 15.9 Å². The molecule has 1 unspecified atom stereocenters. The Labute approximate surface area is 116 Å². The van der Waals surface area contributed by atoms with Gasteiger partial charge in [0, 0.05) is 26.9 Å². The van der Waals surface area contributed by atoms with Crippen LogP contribution in [0.2, 0.25) is 5.02 Å². The Balaban J connectivity index is 2.21. The molecular weight excluding hydrogens is 327 g/mol. The number of hydrogen-bond donors (Lipinski definition) is 1. The molecule has 0 aliphatic rings. The van der Waals surface area contributed by atoms with Crippen LogP contribution < -0.4 is 0 Å². The lowest BCUT2D eigenvalue weighted by Crippen LogP contribution is -2.02. The van der Waals surface area contributed by atoms with E-state index in [9.17, 15) is 9.50 Å². The lowest BCUT2D eigenvalue weighted by molar-refractivity contribution is 0.178. The van der Waals surface area contributed by atoms with Crippen LogP contribution in [0, 0.1) is 5.82 Å². The normalized spacial score (nSPS) is 12.7. The summed E-state index contributed by atoms with van der Waals surface area (Å²) in [4.78, 5) is 0. The van der Waals surface area contributed by atoms with Crippen LogP contribution in [-0.2, 0) is 6.42 Å². The topological polar surface area (TPSA) is 20.2 Å². The quantitative estimate of drug-likeness (QED) is 0.870. The first-order chi connectivity index (χ1) is 8.08. The van der Waals surface area contributed by atoms with Crippen LogP contribution in [0.3, 0.4) is 0 Å². The summed E-state index contributed by atoms with van der Waals surface area (Å²) in [6.07, 6.45) is -0.388. The van der Waals surface area contributed by atoms with E-state index in [4.69, 9.17) is 11.6 Å². The standard InChI is InChI=1S/C12H9BrClFOS/c13-10-6-17-5-9(10)12(16)4-7-3-8(15)1-2-11(7)14/h1-3,5-6,12,16H,4H2. The van der Waals surface area contributed by atoms with Crippen molar-refractivity contribution in [3.8, 4) is 0 Å². The van der Waals surface area contributed by atoms with Crippen LogP contribution in [0.25, 0.3) is 0 Å². The van der Waals surface area contributed by atoms with Gasteiger partial charge in [-0.3, -0.25) is 0 Å². The molecule has 0 amide bonds. The van der Waals surface area contributed by atoms with Crippen molar-refractivity contribution in [2.24, 2.45) is 0 Å². The van der Waals surface area contributed by atoms with Gasteiger partial charge < -0.3 is 5.11 Å². The molecule has 1 N–H and O–H groups in total. The molecule has 2 aromatic rings. The van der Waals surface area contributed by atoms with Gasteiger partial charge in [-0.1, -0.05) is 11.6 Å². The fourth-order valence-corrected chi connectivity index (χ4v) is 3.35. The molecular formula is C12H9BrClFOS. The molecule has 1 aromatic heterocycles. The van der Waals surface area contributed by atoms with Gasteiger partial charge in [0.2, 0.25) is 0 Å². The number of rotatable bonds is 3. The number of aliphatic hydroxyl groups is 1. The zero-order chi connectivity index (χ0) is 12.4. The predicted molar refractivity (Wildman–Crippen MR) is 72.1 cm³/mol. The van der Waals surface area contributed by atoms with E-state index in [0.29, 0.717) is 17.0 Å². The highest BCUT2D eigenvalue weighted by Gasteiger charge is 2.14. The third-order valence-corrected chi connectivity index (χ3v) is 4.54. The minimum atomic E-state index is -0.685. The van der Waals surface area contributed by atoms with E-state index < -0.39 is 6.10 Å². The van der Waals surface area contributed by atoms with Crippen LogP contribution in [0.5, 0.6) is 0 Å². The van der Waals surface area contributed by atoms with Crippen molar-refractivity contribution in [3.05, 3.63) is 55.4 Å². The summed E-state index contributed by atoms with van der Waals surface area (Å²) >= 11 is 10.8. The van der Waals surface area contributed by atoms with Crippen LogP contribution in [0.15, 0.2) is 33.4 Å². The summed E-state index contributed by atoms with van der Waals surface area (Å²) in [5.41, 5.74) is 1.41. The summed E-state index contributed by atoms with van der Waals surface area (Å²) in [6, 6.07) is 4.16. The monoisotopic (exact) mass is 334 g/mol. The smallest absolute Gasteiger partial charge is 0.123 e. The van der Waals surface area contributed by atoms with E-state index in [1.54, 1.807) is 0 Å². The Morgan fingerprint density at radius 2 is 2.18 bits per heavy atom. The average molecular weight is 336 g/mol. The number of thiophene rings is 1. The molecule has 0 spiro atoms. The van der Waals surface area contributed by atoms with Crippen LogP contribution in [-0.4, -0.2) is 5.11 Å². The first kappa shape index (κ1) is 13.0. The summed E-state index contributed by atoms with van der Waals surface area (Å²) in [5, 5.41) is 14.3. The molecule has 0 saturated heterocycles. The molecule has 0 aliphatic carbocycles. The summed E-state index contributed by atoms with van der Waals surface area (Å²) < 4.78 is 13.9. The summed E-state index contributed by atoms with van der Waals surface area (Å²) in [7, 11) is 0. The molecule has 90 valence electrons. The minimum absolute atomic E-state index is 0.298. The van der Waals surface area contributed by atoms with Gasteiger partial charge in [0.25, 0.3) is 0 Å². The highest BCUT2D eigenvalue weighted by atomic mass is 79.9. The fraction of sp³-hybridized carbons (Fsp3) is 0.167. The third-order valence-electron chi connectivity index (χ3n) is 2.42. The number of halogens is 3. The van der Waals surface area contributed by atoms with E-state index in [0.717, 1.165) is 10.0 Å². The SMILES string of the molecule is OC(Cc1cc(F)ccc1Cl)c1cscc1Br. The number of benzene rings is 1. The second-order valence-corrected chi connectivity index (χ2v) is 5.64. The molecule has 0 aliphatic heterocycles. The third kappa shape index (κ3) is 3.07. The summed E-state index contributed by atoms with van der Waals surface area (Å²) in [5.74, 6) is -0.346. The highest BCUT2D eigenvalue weighted by Crippen LogP contribution is 2.31. The molecule has 0 fully saturated rings. The van der Waals surface area contributed by atoms with Gasteiger partial charge in [-0.15, -0.1) is 0 Å². The Bertz CT molecular complexity index is 529. The van der Waals surface area contributed by atoms with Gasteiger partial charge in [-0.25, -0.2) is 4.39 Å². The maximum Gasteiger partial charge on any atom is 0.123 e. The van der Waals surface area contributed by atoms with Crippen LogP contribution in [0.4, 0.5) is 4.39 Å². The molecule has 17 heavy (non-hydrogen) atoms. The molecule has 5 heteroatoms. The average Bonchev–Trinajstić information content (AvgIpc) is 2.70. The van der Waals surface area contributed by atoms with Crippen molar-refractivity contribution < 1.29 is 9.50 Å². The molecule has 1 aromatic carbocycles. The van der Waals surface area contributed by atoms with Crippen molar-refractivity contribution in [1.29, 1.82) is 0 Å². The number of hydrogen-bond acceptors (Lipinski definition) is 2. The number of aliphatic hydroxyl groups excluding tert-OH is 1. The van der Waals surface area contributed by atoms with Crippen molar-refractivity contribution in [2.75, 3.05) is 0 Å².